The van der Waals surface area contributed by atoms with Gasteiger partial charge in [-0.05, 0) is 31.7 Å². The molecule has 3 heterocycles. The van der Waals surface area contributed by atoms with Crippen LogP contribution in [0.1, 0.15) is 25.7 Å². The molecule has 0 aromatic carbocycles. The fourth-order valence-corrected chi connectivity index (χ4v) is 5.75. The van der Waals surface area contributed by atoms with Crippen LogP contribution in [0.2, 0.25) is 0 Å². The fourth-order valence-electron chi connectivity index (χ4n) is 4.06. The summed E-state index contributed by atoms with van der Waals surface area (Å²) in [4.78, 5) is 10.7. The maximum absolute atomic E-state index is 12.4. The molecule has 0 amide bonds. The second-order valence-corrected chi connectivity index (χ2v) is 8.33. The van der Waals surface area contributed by atoms with Crippen molar-refractivity contribution in [1.29, 1.82) is 0 Å². The van der Waals surface area contributed by atoms with Gasteiger partial charge in [0.15, 0.2) is 0 Å². The second kappa shape index (κ2) is 6.33. The summed E-state index contributed by atoms with van der Waals surface area (Å²) in [6, 6.07) is 1.75. The molecule has 0 unspecified atom stereocenters. The zero-order valence-electron chi connectivity index (χ0n) is 13.7. The van der Waals surface area contributed by atoms with E-state index in [9.17, 15) is 8.42 Å². The van der Waals surface area contributed by atoms with Crippen molar-refractivity contribution in [2.75, 3.05) is 38.0 Å². The maximum atomic E-state index is 12.4. The molecule has 1 atom stereocenters. The minimum atomic E-state index is -3.26. The van der Waals surface area contributed by atoms with Crippen LogP contribution in [0.4, 0.5) is 5.95 Å². The Balaban J connectivity index is 1.78. The average Bonchev–Trinajstić information content (AvgIpc) is 2.87. The van der Waals surface area contributed by atoms with Crippen LogP contribution in [0, 0.1) is 0 Å². The Bertz CT molecular complexity index is 629. The molecule has 0 saturated carbocycles. The summed E-state index contributed by atoms with van der Waals surface area (Å²) in [5.74, 6) is 0.722. The third-order valence-electron chi connectivity index (χ3n) is 4.99. The van der Waals surface area contributed by atoms with Crippen LogP contribution in [-0.4, -0.2) is 67.3 Å². The van der Waals surface area contributed by atoms with Gasteiger partial charge < -0.3 is 9.64 Å². The van der Waals surface area contributed by atoms with Crippen LogP contribution >= 0.6 is 0 Å². The lowest BCUT2D eigenvalue weighted by molar-refractivity contribution is 0.104. The van der Waals surface area contributed by atoms with E-state index in [0.29, 0.717) is 6.61 Å². The third-order valence-corrected chi connectivity index (χ3v) is 6.39. The van der Waals surface area contributed by atoms with Crippen molar-refractivity contribution in [1.82, 2.24) is 14.3 Å². The normalized spacial score (nSPS) is 25.1. The third kappa shape index (κ3) is 3.20. The molecular weight excluding hydrogens is 316 g/mol. The molecule has 0 N–H and O–H groups in total. The van der Waals surface area contributed by atoms with E-state index in [1.54, 1.807) is 29.9 Å². The number of sulfonamides is 1. The molecule has 23 heavy (non-hydrogen) atoms. The average molecular weight is 340 g/mol. The smallest absolute Gasteiger partial charge is 0.225 e. The van der Waals surface area contributed by atoms with E-state index in [-0.39, 0.29) is 11.6 Å². The summed E-state index contributed by atoms with van der Waals surface area (Å²) in [5, 5.41) is 0. The number of piperidine rings is 1. The van der Waals surface area contributed by atoms with Crippen LogP contribution in [0.25, 0.3) is 0 Å². The first-order valence-corrected chi connectivity index (χ1v) is 9.81. The maximum Gasteiger partial charge on any atom is 0.225 e. The molecule has 7 nitrogen and oxygen atoms in total. The Labute approximate surface area is 137 Å². The van der Waals surface area contributed by atoms with Gasteiger partial charge in [0.25, 0.3) is 0 Å². The molecule has 2 aliphatic rings. The summed E-state index contributed by atoms with van der Waals surface area (Å²) in [6.07, 6.45) is 8.16. The van der Waals surface area contributed by atoms with Crippen molar-refractivity contribution in [2.24, 2.45) is 0 Å². The van der Waals surface area contributed by atoms with E-state index >= 15 is 0 Å². The Hall–Kier alpha value is -1.25. The first-order valence-electron chi connectivity index (χ1n) is 7.97. The Morgan fingerprint density at radius 1 is 1.26 bits per heavy atom. The number of hydrogen-bond acceptors (Lipinski definition) is 6. The SMILES string of the molecule is COC[C@@H]1CCC2(CCN(c3ncccn3)CC2)N1S(C)(=O)=O. The second-order valence-electron chi connectivity index (χ2n) is 6.47. The van der Waals surface area contributed by atoms with Crippen LogP contribution in [0.15, 0.2) is 18.5 Å². The van der Waals surface area contributed by atoms with E-state index in [2.05, 4.69) is 14.9 Å². The van der Waals surface area contributed by atoms with Crippen molar-refractivity contribution in [2.45, 2.75) is 37.3 Å². The number of methoxy groups -OCH3 is 1. The number of nitrogens with zero attached hydrogens (tertiary/aromatic N) is 4. The number of ether oxygens (including phenoxy) is 1. The quantitative estimate of drug-likeness (QED) is 0.810. The van der Waals surface area contributed by atoms with E-state index in [1.807, 2.05) is 0 Å². The Morgan fingerprint density at radius 3 is 2.48 bits per heavy atom. The van der Waals surface area contributed by atoms with Crippen molar-refractivity contribution in [3.05, 3.63) is 18.5 Å². The van der Waals surface area contributed by atoms with Gasteiger partial charge in [-0.3, -0.25) is 0 Å². The molecule has 2 fully saturated rings. The highest BCUT2D eigenvalue weighted by atomic mass is 32.2. The lowest BCUT2D eigenvalue weighted by atomic mass is 9.86. The van der Waals surface area contributed by atoms with Crippen LogP contribution in [-0.2, 0) is 14.8 Å². The molecule has 0 radical (unpaired) electrons. The number of rotatable bonds is 4. The van der Waals surface area contributed by atoms with Gasteiger partial charge >= 0.3 is 0 Å². The van der Waals surface area contributed by atoms with Crippen molar-refractivity contribution >= 4 is 16.0 Å². The fraction of sp³-hybridized carbons (Fsp3) is 0.733. The van der Waals surface area contributed by atoms with Crippen molar-refractivity contribution in [3.63, 3.8) is 0 Å². The molecule has 8 heteroatoms. The Morgan fingerprint density at radius 2 is 1.91 bits per heavy atom. The molecule has 2 saturated heterocycles. The first kappa shape index (κ1) is 16.6. The van der Waals surface area contributed by atoms with E-state index in [0.717, 1.165) is 44.7 Å². The monoisotopic (exact) mass is 340 g/mol. The summed E-state index contributed by atoms with van der Waals surface area (Å²) in [5.41, 5.74) is -0.276. The van der Waals surface area contributed by atoms with E-state index in [4.69, 9.17) is 4.74 Å². The van der Waals surface area contributed by atoms with Crippen LogP contribution in [0.5, 0.6) is 0 Å². The van der Waals surface area contributed by atoms with Gasteiger partial charge in [-0.1, -0.05) is 0 Å². The van der Waals surface area contributed by atoms with E-state index < -0.39 is 10.0 Å². The molecule has 1 spiro atoms. The van der Waals surface area contributed by atoms with E-state index in [1.165, 1.54) is 6.26 Å². The van der Waals surface area contributed by atoms with Crippen molar-refractivity contribution < 1.29 is 13.2 Å². The molecule has 0 aliphatic carbocycles. The number of hydrogen-bond donors (Lipinski definition) is 0. The first-order chi connectivity index (χ1) is 11.0. The minimum absolute atomic E-state index is 0.0467. The predicted molar refractivity (Wildman–Crippen MR) is 87.8 cm³/mol. The topological polar surface area (TPSA) is 75.6 Å². The lowest BCUT2D eigenvalue weighted by Crippen LogP contribution is -2.56. The predicted octanol–water partition coefficient (Wildman–Crippen LogP) is 0.886. The number of aromatic nitrogens is 2. The molecule has 2 aliphatic heterocycles. The highest BCUT2D eigenvalue weighted by Gasteiger charge is 2.52. The summed E-state index contributed by atoms with van der Waals surface area (Å²) < 4.78 is 31.7. The molecular formula is C15H24N4O3S. The molecule has 128 valence electrons. The van der Waals surface area contributed by atoms with Gasteiger partial charge in [0.05, 0.1) is 12.9 Å². The largest absolute Gasteiger partial charge is 0.383 e. The summed E-state index contributed by atoms with van der Waals surface area (Å²) in [7, 11) is -1.63. The minimum Gasteiger partial charge on any atom is -0.383 e. The molecule has 3 rings (SSSR count). The highest BCUT2D eigenvalue weighted by Crippen LogP contribution is 2.43. The van der Waals surface area contributed by atoms with Gasteiger partial charge in [-0.15, -0.1) is 0 Å². The molecule has 1 aromatic rings. The van der Waals surface area contributed by atoms with Crippen LogP contribution < -0.4 is 4.90 Å². The van der Waals surface area contributed by atoms with Gasteiger partial charge in [-0.2, -0.15) is 4.31 Å². The summed E-state index contributed by atoms with van der Waals surface area (Å²) in [6.45, 7) is 2.01. The van der Waals surface area contributed by atoms with Gasteiger partial charge in [-0.25, -0.2) is 18.4 Å². The standard InChI is InChI=1S/C15H24N4O3S/c1-22-12-13-4-5-15(19(13)23(2,20)21)6-10-18(11-7-15)14-16-8-3-9-17-14/h3,8-9,13H,4-7,10-12H2,1-2H3/t13-/m0/s1. The molecule has 0 bridgehead atoms. The number of anilines is 1. The van der Waals surface area contributed by atoms with Gasteiger partial charge in [0.2, 0.25) is 16.0 Å². The highest BCUT2D eigenvalue weighted by molar-refractivity contribution is 7.88. The van der Waals surface area contributed by atoms with Gasteiger partial charge in [0.1, 0.15) is 0 Å². The lowest BCUT2D eigenvalue weighted by Gasteiger charge is -2.45. The Kier molecular flexibility index (Phi) is 4.57. The summed E-state index contributed by atoms with van der Waals surface area (Å²) >= 11 is 0. The zero-order valence-corrected chi connectivity index (χ0v) is 14.5. The van der Waals surface area contributed by atoms with Crippen LogP contribution in [0.3, 0.4) is 0 Å². The molecule has 1 aromatic heterocycles. The zero-order chi connectivity index (χ0) is 16.5. The van der Waals surface area contributed by atoms with Crippen molar-refractivity contribution in [3.8, 4) is 0 Å². The van der Waals surface area contributed by atoms with Gasteiger partial charge in [0, 0.05) is 44.2 Å².